The van der Waals surface area contributed by atoms with Gasteiger partial charge in [0.25, 0.3) is 0 Å². The highest BCUT2D eigenvalue weighted by Gasteiger charge is 2.22. The van der Waals surface area contributed by atoms with Crippen LogP contribution in [0.1, 0.15) is 20.8 Å². The van der Waals surface area contributed by atoms with Crippen molar-refractivity contribution in [1.82, 2.24) is 0 Å². The fourth-order valence-electron chi connectivity index (χ4n) is 0.928. The topological polar surface area (TPSA) is 29.1 Å². The number of rotatable bonds is 1. The normalized spacial score (nSPS) is 11.4. The van der Waals surface area contributed by atoms with Crippen molar-refractivity contribution < 1.29 is 13.6 Å². The molecule has 16 heavy (non-hydrogen) atoms. The van der Waals surface area contributed by atoms with Crippen molar-refractivity contribution >= 4 is 27.5 Å². The Hall–Kier alpha value is -0.970. The van der Waals surface area contributed by atoms with Crippen LogP contribution in [-0.2, 0) is 4.79 Å². The van der Waals surface area contributed by atoms with E-state index in [1.54, 1.807) is 20.8 Å². The molecule has 0 spiro atoms. The Morgan fingerprint density at radius 1 is 1.25 bits per heavy atom. The van der Waals surface area contributed by atoms with Gasteiger partial charge in [-0.15, -0.1) is 0 Å². The molecule has 1 N–H and O–H groups in total. The summed E-state index contributed by atoms with van der Waals surface area (Å²) in [6.45, 7) is 5.12. The lowest BCUT2D eigenvalue weighted by Crippen LogP contribution is -2.28. The van der Waals surface area contributed by atoms with Crippen LogP contribution < -0.4 is 5.32 Å². The van der Waals surface area contributed by atoms with Crippen LogP contribution in [0.4, 0.5) is 14.5 Å². The number of amides is 1. The Morgan fingerprint density at radius 3 is 2.31 bits per heavy atom. The average Bonchev–Trinajstić information content (AvgIpc) is 2.12. The van der Waals surface area contributed by atoms with Gasteiger partial charge in [0.15, 0.2) is 0 Å². The number of carbonyl (C=O) groups excluding carboxylic acids is 1. The highest BCUT2D eigenvalue weighted by Crippen LogP contribution is 2.25. The molecule has 0 heterocycles. The van der Waals surface area contributed by atoms with Crippen molar-refractivity contribution in [3.8, 4) is 0 Å². The molecule has 0 bridgehead atoms. The van der Waals surface area contributed by atoms with Crippen molar-refractivity contribution in [2.75, 3.05) is 5.32 Å². The molecular weight excluding hydrogens is 280 g/mol. The standard InChI is InChI=1S/C11H12BrF2NO/c1-11(2,3)10(16)15-9-4-6(12)7(13)5-8(9)14/h4-5H,1-3H3,(H,15,16). The van der Waals surface area contributed by atoms with Crippen LogP contribution in [0.25, 0.3) is 0 Å². The lowest BCUT2D eigenvalue weighted by atomic mass is 9.95. The Kier molecular flexibility index (Phi) is 3.68. The summed E-state index contributed by atoms with van der Waals surface area (Å²) in [5.74, 6) is -1.82. The molecule has 5 heteroatoms. The third-order valence-electron chi connectivity index (χ3n) is 1.94. The Morgan fingerprint density at radius 2 is 1.81 bits per heavy atom. The van der Waals surface area contributed by atoms with E-state index >= 15 is 0 Å². The van der Waals surface area contributed by atoms with Gasteiger partial charge in [-0.05, 0) is 22.0 Å². The largest absolute Gasteiger partial charge is 0.323 e. The molecule has 1 rings (SSSR count). The first-order chi connectivity index (χ1) is 7.21. The lowest BCUT2D eigenvalue weighted by molar-refractivity contribution is -0.123. The van der Waals surface area contributed by atoms with Crippen molar-refractivity contribution in [1.29, 1.82) is 0 Å². The zero-order valence-electron chi connectivity index (χ0n) is 9.20. The van der Waals surface area contributed by atoms with E-state index in [1.165, 1.54) is 6.07 Å². The number of anilines is 1. The average molecular weight is 292 g/mol. The maximum absolute atomic E-state index is 13.3. The summed E-state index contributed by atoms with van der Waals surface area (Å²) in [5, 5.41) is 2.41. The summed E-state index contributed by atoms with van der Waals surface area (Å²) in [4.78, 5) is 11.6. The molecule has 0 aliphatic carbocycles. The predicted molar refractivity (Wildman–Crippen MR) is 62.1 cm³/mol. The van der Waals surface area contributed by atoms with Crippen LogP contribution in [0.15, 0.2) is 16.6 Å². The fourth-order valence-corrected chi connectivity index (χ4v) is 1.27. The molecule has 0 fully saturated rings. The third kappa shape index (κ3) is 3.01. The summed E-state index contributed by atoms with van der Waals surface area (Å²) >= 11 is 2.93. The monoisotopic (exact) mass is 291 g/mol. The number of nitrogens with one attached hydrogen (secondary N) is 1. The van der Waals surface area contributed by atoms with Crippen LogP contribution in [0.3, 0.4) is 0 Å². The second-order valence-corrected chi connectivity index (χ2v) is 5.30. The van der Waals surface area contributed by atoms with Crippen molar-refractivity contribution in [2.24, 2.45) is 5.41 Å². The molecule has 0 radical (unpaired) electrons. The van der Waals surface area contributed by atoms with E-state index in [0.717, 1.165) is 6.07 Å². The minimum atomic E-state index is -0.793. The van der Waals surface area contributed by atoms with Gasteiger partial charge < -0.3 is 5.32 Å². The van der Waals surface area contributed by atoms with Crippen molar-refractivity contribution in [3.05, 3.63) is 28.2 Å². The predicted octanol–water partition coefficient (Wildman–Crippen LogP) is 3.71. The molecule has 0 aliphatic rings. The minimum absolute atomic E-state index is 0.0341. The van der Waals surface area contributed by atoms with Crippen molar-refractivity contribution in [3.63, 3.8) is 0 Å². The van der Waals surface area contributed by atoms with Gasteiger partial charge in [-0.3, -0.25) is 4.79 Å². The summed E-state index contributed by atoms with van der Waals surface area (Å²) < 4.78 is 26.3. The van der Waals surface area contributed by atoms with Gasteiger partial charge in [0.2, 0.25) is 5.91 Å². The van der Waals surface area contributed by atoms with Gasteiger partial charge in [-0.25, -0.2) is 8.78 Å². The van der Waals surface area contributed by atoms with E-state index in [1.807, 2.05) is 0 Å². The van der Waals surface area contributed by atoms with Gasteiger partial charge in [-0.2, -0.15) is 0 Å². The van der Waals surface area contributed by atoms with E-state index in [-0.39, 0.29) is 16.1 Å². The molecule has 0 unspecified atom stereocenters. The van der Waals surface area contributed by atoms with Crippen LogP contribution in [-0.4, -0.2) is 5.91 Å². The highest BCUT2D eigenvalue weighted by molar-refractivity contribution is 9.10. The van der Waals surface area contributed by atoms with Crippen LogP contribution in [0.2, 0.25) is 0 Å². The Labute approximate surface area is 101 Å². The molecule has 1 aromatic rings. The van der Waals surface area contributed by atoms with E-state index in [2.05, 4.69) is 21.2 Å². The maximum Gasteiger partial charge on any atom is 0.229 e. The molecule has 0 saturated carbocycles. The smallest absolute Gasteiger partial charge is 0.229 e. The number of halogens is 3. The fraction of sp³-hybridized carbons (Fsp3) is 0.364. The molecule has 0 atom stereocenters. The van der Waals surface area contributed by atoms with Gasteiger partial charge in [0.05, 0.1) is 10.2 Å². The molecule has 1 amide bonds. The van der Waals surface area contributed by atoms with Crippen LogP contribution >= 0.6 is 15.9 Å². The van der Waals surface area contributed by atoms with E-state index in [9.17, 15) is 13.6 Å². The van der Waals surface area contributed by atoms with Gasteiger partial charge in [0.1, 0.15) is 11.6 Å². The first kappa shape index (κ1) is 13.1. The third-order valence-corrected chi connectivity index (χ3v) is 2.55. The van der Waals surface area contributed by atoms with Crippen molar-refractivity contribution in [2.45, 2.75) is 20.8 Å². The Balaban J connectivity index is 2.99. The summed E-state index contributed by atoms with van der Waals surface area (Å²) in [6.07, 6.45) is 0. The molecule has 2 nitrogen and oxygen atoms in total. The molecule has 0 aromatic heterocycles. The minimum Gasteiger partial charge on any atom is -0.323 e. The molecule has 0 aliphatic heterocycles. The molecule has 1 aromatic carbocycles. The van der Waals surface area contributed by atoms with Crippen LogP contribution in [0.5, 0.6) is 0 Å². The SMILES string of the molecule is CC(C)(C)C(=O)Nc1cc(Br)c(F)cc1F. The summed E-state index contributed by atoms with van der Waals surface area (Å²) in [6, 6.07) is 1.93. The summed E-state index contributed by atoms with van der Waals surface area (Å²) in [7, 11) is 0. The number of hydrogen-bond acceptors (Lipinski definition) is 1. The molecule has 88 valence electrons. The van der Waals surface area contributed by atoms with Crippen LogP contribution in [0, 0.1) is 17.0 Å². The molecule has 0 saturated heterocycles. The number of carbonyl (C=O) groups is 1. The van der Waals surface area contributed by atoms with Gasteiger partial charge in [0, 0.05) is 11.5 Å². The van der Waals surface area contributed by atoms with Gasteiger partial charge in [-0.1, -0.05) is 20.8 Å². The van der Waals surface area contributed by atoms with E-state index in [4.69, 9.17) is 0 Å². The zero-order valence-corrected chi connectivity index (χ0v) is 10.8. The maximum atomic E-state index is 13.3. The van der Waals surface area contributed by atoms with Gasteiger partial charge >= 0.3 is 0 Å². The Bertz CT molecular complexity index is 427. The highest BCUT2D eigenvalue weighted by atomic mass is 79.9. The quantitative estimate of drug-likeness (QED) is 0.785. The van der Waals surface area contributed by atoms with E-state index in [0.29, 0.717) is 0 Å². The first-order valence-electron chi connectivity index (χ1n) is 4.68. The second kappa shape index (κ2) is 4.49. The second-order valence-electron chi connectivity index (χ2n) is 4.45. The number of hydrogen-bond donors (Lipinski definition) is 1. The number of benzene rings is 1. The molecular formula is C11H12BrF2NO. The van der Waals surface area contributed by atoms with E-state index < -0.39 is 17.0 Å². The first-order valence-corrected chi connectivity index (χ1v) is 5.47. The lowest BCUT2D eigenvalue weighted by Gasteiger charge is -2.18. The summed E-state index contributed by atoms with van der Waals surface area (Å²) in [5.41, 5.74) is -0.666. The zero-order chi connectivity index (χ0) is 12.5.